The molecule has 0 spiro atoms. The van der Waals surface area contributed by atoms with E-state index in [1.54, 1.807) is 29.2 Å². The van der Waals surface area contributed by atoms with Gasteiger partial charge in [0.25, 0.3) is 11.5 Å². The summed E-state index contributed by atoms with van der Waals surface area (Å²) in [5.41, 5.74) is 3.93. The Labute approximate surface area is 228 Å². The fourth-order valence-corrected chi connectivity index (χ4v) is 5.81. The first-order valence-electron chi connectivity index (χ1n) is 11.7. The Kier molecular flexibility index (Phi) is 5.93. The molecule has 0 N–H and O–H groups in total. The second-order valence-corrected chi connectivity index (χ2v) is 10.8. The molecule has 3 heterocycles. The largest absolute Gasteiger partial charge is 0.426 e. The number of benzene rings is 3. The quantitative estimate of drug-likeness (QED) is 0.230. The number of carbonyl (C=O) groups is 2. The molecule has 38 heavy (non-hydrogen) atoms. The Bertz CT molecular complexity index is 1880. The molecule has 0 saturated heterocycles. The molecule has 10 heteroatoms. The van der Waals surface area contributed by atoms with Gasteiger partial charge in [-0.25, -0.2) is 0 Å². The number of esters is 1. The van der Waals surface area contributed by atoms with Crippen LogP contribution in [0.25, 0.3) is 21.9 Å². The maximum absolute atomic E-state index is 13.8. The molecule has 1 amide bonds. The highest BCUT2D eigenvalue weighted by Crippen LogP contribution is 2.38. The van der Waals surface area contributed by atoms with Gasteiger partial charge in [0, 0.05) is 17.0 Å². The van der Waals surface area contributed by atoms with Crippen molar-refractivity contribution in [2.45, 2.75) is 20.4 Å². The highest BCUT2D eigenvalue weighted by atomic mass is 79.9. The Morgan fingerprint density at radius 2 is 1.79 bits per heavy atom. The fraction of sp³-hybridized carbons (Fsp3) is 0.107. The van der Waals surface area contributed by atoms with Gasteiger partial charge in [-0.2, -0.15) is 9.50 Å². The number of aromatic nitrogens is 3. The number of rotatable bonds is 4. The van der Waals surface area contributed by atoms with E-state index in [1.807, 2.05) is 49.4 Å². The van der Waals surface area contributed by atoms with Crippen molar-refractivity contribution in [2.24, 2.45) is 0 Å². The van der Waals surface area contributed by atoms with Crippen LogP contribution in [-0.4, -0.2) is 26.5 Å². The van der Waals surface area contributed by atoms with E-state index in [0.29, 0.717) is 34.0 Å². The lowest BCUT2D eigenvalue weighted by Crippen LogP contribution is -2.32. The average Bonchev–Trinajstić information content (AvgIpc) is 3.51. The Morgan fingerprint density at radius 1 is 1.03 bits per heavy atom. The molecule has 2 aromatic heterocycles. The maximum atomic E-state index is 13.8. The zero-order chi connectivity index (χ0) is 26.6. The Balaban J connectivity index is 1.48. The summed E-state index contributed by atoms with van der Waals surface area (Å²) in [6.07, 6.45) is 0. The normalized spacial score (nSPS) is 14.3. The van der Waals surface area contributed by atoms with Crippen molar-refractivity contribution in [1.29, 1.82) is 0 Å². The predicted molar refractivity (Wildman–Crippen MR) is 148 cm³/mol. The van der Waals surface area contributed by atoms with Crippen LogP contribution in [0.5, 0.6) is 5.75 Å². The SMILES string of the molecule is CC(=O)Oc1ccccc1-c1nc2s/c(=C3\C(=O)N(Cc4ccc(C)cc4)c4ccc(Br)cc43)c(=O)n2n1. The van der Waals surface area contributed by atoms with Crippen LogP contribution in [0.3, 0.4) is 0 Å². The van der Waals surface area contributed by atoms with E-state index in [-0.39, 0.29) is 16.3 Å². The van der Waals surface area contributed by atoms with E-state index < -0.39 is 11.5 Å². The van der Waals surface area contributed by atoms with Gasteiger partial charge in [0.15, 0.2) is 5.82 Å². The van der Waals surface area contributed by atoms with Gasteiger partial charge in [-0.3, -0.25) is 14.4 Å². The summed E-state index contributed by atoms with van der Waals surface area (Å²) in [7, 11) is 0. The molecular formula is C28H19BrN4O4S. The van der Waals surface area contributed by atoms with Crippen LogP contribution >= 0.6 is 27.3 Å². The van der Waals surface area contributed by atoms with Crippen LogP contribution in [0, 0.1) is 6.92 Å². The first-order chi connectivity index (χ1) is 18.3. The first kappa shape index (κ1) is 24.2. The zero-order valence-corrected chi connectivity index (χ0v) is 22.7. The smallest absolute Gasteiger partial charge is 0.308 e. The standard InChI is InChI=1S/C28H19BrN4O4S/c1-15-7-9-17(10-8-15)14-32-21-12-11-18(29)13-20(21)23(26(32)35)24-27(36)33-28(38-24)30-25(31-33)19-5-3-4-6-22(19)37-16(2)34/h3-13H,14H2,1-2H3/b24-23-. The summed E-state index contributed by atoms with van der Waals surface area (Å²) in [4.78, 5) is 45.4. The third-order valence-electron chi connectivity index (χ3n) is 6.21. The minimum absolute atomic E-state index is 0.249. The fourth-order valence-electron chi connectivity index (χ4n) is 4.45. The van der Waals surface area contributed by atoms with Crippen LogP contribution in [0.1, 0.15) is 23.6 Å². The summed E-state index contributed by atoms with van der Waals surface area (Å²) >= 11 is 4.61. The molecule has 0 fully saturated rings. The number of hydrogen-bond donors (Lipinski definition) is 0. The van der Waals surface area contributed by atoms with E-state index in [9.17, 15) is 14.4 Å². The number of nitrogens with zero attached hydrogens (tertiary/aromatic N) is 4. The van der Waals surface area contributed by atoms with Gasteiger partial charge in [0.1, 0.15) is 10.3 Å². The highest BCUT2D eigenvalue weighted by molar-refractivity contribution is 9.10. The van der Waals surface area contributed by atoms with E-state index in [4.69, 9.17) is 4.74 Å². The number of amides is 1. The maximum Gasteiger partial charge on any atom is 0.308 e. The number of para-hydroxylation sites is 1. The number of thiazole rings is 1. The average molecular weight is 587 g/mol. The number of ether oxygens (including phenoxy) is 1. The third-order valence-corrected chi connectivity index (χ3v) is 7.73. The molecular weight excluding hydrogens is 568 g/mol. The molecule has 5 aromatic rings. The van der Waals surface area contributed by atoms with Crippen LogP contribution in [0.4, 0.5) is 5.69 Å². The Morgan fingerprint density at radius 3 is 2.53 bits per heavy atom. The van der Waals surface area contributed by atoms with Crippen molar-refractivity contribution in [3.63, 3.8) is 0 Å². The van der Waals surface area contributed by atoms with Crippen molar-refractivity contribution < 1.29 is 14.3 Å². The number of aryl methyl sites for hydroxylation is 1. The van der Waals surface area contributed by atoms with Crippen molar-refractivity contribution in [2.75, 3.05) is 4.90 Å². The van der Waals surface area contributed by atoms with Gasteiger partial charge < -0.3 is 9.64 Å². The van der Waals surface area contributed by atoms with Crippen molar-refractivity contribution in [3.8, 4) is 17.1 Å². The second kappa shape index (κ2) is 9.30. The van der Waals surface area contributed by atoms with Crippen LogP contribution < -0.4 is 19.7 Å². The molecule has 0 radical (unpaired) electrons. The summed E-state index contributed by atoms with van der Waals surface area (Å²) < 4.78 is 7.55. The number of halogens is 1. The van der Waals surface area contributed by atoms with Gasteiger partial charge in [0.2, 0.25) is 4.96 Å². The van der Waals surface area contributed by atoms with Crippen LogP contribution in [0.15, 0.2) is 76.0 Å². The lowest BCUT2D eigenvalue weighted by atomic mass is 10.1. The molecule has 6 rings (SSSR count). The van der Waals surface area contributed by atoms with Crippen molar-refractivity contribution in [1.82, 2.24) is 14.6 Å². The van der Waals surface area contributed by atoms with Gasteiger partial charge in [-0.15, -0.1) is 5.10 Å². The topological polar surface area (TPSA) is 93.9 Å². The molecule has 0 unspecified atom stereocenters. The van der Waals surface area contributed by atoms with E-state index >= 15 is 0 Å². The van der Waals surface area contributed by atoms with Crippen LogP contribution in [-0.2, 0) is 16.1 Å². The summed E-state index contributed by atoms with van der Waals surface area (Å²) in [5, 5.41) is 4.40. The number of hydrogen-bond acceptors (Lipinski definition) is 7. The number of carbonyl (C=O) groups excluding carboxylic acids is 2. The monoisotopic (exact) mass is 586 g/mol. The second-order valence-electron chi connectivity index (χ2n) is 8.87. The lowest BCUT2D eigenvalue weighted by Gasteiger charge is -2.17. The van der Waals surface area contributed by atoms with Crippen LogP contribution in [0.2, 0.25) is 0 Å². The molecule has 1 aliphatic heterocycles. The van der Waals surface area contributed by atoms with Crippen molar-refractivity contribution in [3.05, 3.63) is 103 Å². The van der Waals surface area contributed by atoms with Crippen molar-refractivity contribution >= 4 is 55.4 Å². The Hall–Kier alpha value is -4.15. The van der Waals surface area contributed by atoms with E-state index in [0.717, 1.165) is 32.6 Å². The number of anilines is 1. The summed E-state index contributed by atoms with van der Waals surface area (Å²) in [5.74, 6) is -0.164. The highest BCUT2D eigenvalue weighted by Gasteiger charge is 2.35. The predicted octanol–water partition coefficient (Wildman–Crippen LogP) is 4.28. The van der Waals surface area contributed by atoms with Gasteiger partial charge in [-0.1, -0.05) is 69.2 Å². The first-order valence-corrected chi connectivity index (χ1v) is 13.3. The van der Waals surface area contributed by atoms with Gasteiger partial charge in [-0.05, 0) is 42.8 Å². The molecule has 1 aliphatic rings. The molecule has 0 bridgehead atoms. The third kappa shape index (κ3) is 4.11. The molecule has 0 saturated carbocycles. The van der Waals surface area contributed by atoms with E-state index in [2.05, 4.69) is 26.0 Å². The minimum Gasteiger partial charge on any atom is -0.426 e. The molecule has 8 nitrogen and oxygen atoms in total. The molecule has 3 aromatic carbocycles. The lowest BCUT2D eigenvalue weighted by molar-refractivity contribution is -0.131. The zero-order valence-electron chi connectivity index (χ0n) is 20.3. The van der Waals surface area contributed by atoms with Gasteiger partial charge in [0.05, 0.1) is 23.4 Å². The minimum atomic E-state index is -0.471. The summed E-state index contributed by atoms with van der Waals surface area (Å²) in [6, 6.07) is 20.5. The van der Waals surface area contributed by atoms with E-state index in [1.165, 1.54) is 11.4 Å². The summed E-state index contributed by atoms with van der Waals surface area (Å²) in [6.45, 7) is 3.70. The number of fused-ring (bicyclic) bond motifs is 2. The van der Waals surface area contributed by atoms with Gasteiger partial charge >= 0.3 is 5.97 Å². The molecule has 0 atom stereocenters. The molecule has 0 aliphatic carbocycles. The molecule has 188 valence electrons.